The summed E-state index contributed by atoms with van der Waals surface area (Å²) in [4.78, 5) is 42.7. The number of piperazine rings is 1. The maximum Gasteiger partial charge on any atom is 0.282 e. The number of likely N-dealkylation sites (N-methyl/N-ethyl adjacent to an activating group) is 1. The van der Waals surface area contributed by atoms with Crippen molar-refractivity contribution in [3.05, 3.63) is 65.4 Å². The van der Waals surface area contributed by atoms with Crippen molar-refractivity contribution in [2.45, 2.75) is 6.92 Å². The summed E-state index contributed by atoms with van der Waals surface area (Å²) in [5.74, 6) is -3.27. The number of nitrogens with zero attached hydrogens (tertiary/aromatic N) is 3. The first kappa shape index (κ1) is 21.6. The van der Waals surface area contributed by atoms with Crippen molar-refractivity contribution in [1.82, 2.24) is 9.80 Å². The van der Waals surface area contributed by atoms with Crippen molar-refractivity contribution < 1.29 is 23.2 Å². The second-order valence-corrected chi connectivity index (χ2v) is 7.81. The highest BCUT2D eigenvalue weighted by Gasteiger charge is 2.44. The van der Waals surface area contributed by atoms with Crippen LogP contribution in [0.5, 0.6) is 0 Å². The SMILES string of the molecule is CC(=O)Nc1ccc(C2=C(N3CCN(C)CC3)C(=O)N(c3cc(F)ccc3F)C2=O)cc1. The lowest BCUT2D eigenvalue weighted by Crippen LogP contribution is -2.46. The molecule has 1 N–H and O–H groups in total. The van der Waals surface area contributed by atoms with Crippen LogP contribution in [-0.2, 0) is 14.4 Å². The Balaban J connectivity index is 1.79. The third-order valence-electron chi connectivity index (χ3n) is 5.52. The van der Waals surface area contributed by atoms with Gasteiger partial charge in [0.1, 0.15) is 17.3 Å². The van der Waals surface area contributed by atoms with Gasteiger partial charge in [-0.05, 0) is 36.9 Å². The van der Waals surface area contributed by atoms with Crippen LogP contribution in [-0.4, -0.2) is 60.7 Å². The predicted molar refractivity (Wildman–Crippen MR) is 116 cm³/mol. The van der Waals surface area contributed by atoms with Gasteiger partial charge in [0.15, 0.2) is 0 Å². The quantitative estimate of drug-likeness (QED) is 0.740. The normalized spacial score (nSPS) is 17.4. The molecular formula is C23H22F2N4O3. The first-order chi connectivity index (χ1) is 15.3. The number of carbonyl (C=O) groups is 3. The van der Waals surface area contributed by atoms with Gasteiger partial charge in [-0.3, -0.25) is 14.4 Å². The molecule has 7 nitrogen and oxygen atoms in total. The minimum Gasteiger partial charge on any atom is -0.364 e. The monoisotopic (exact) mass is 440 g/mol. The summed E-state index contributed by atoms with van der Waals surface area (Å²) in [6, 6.07) is 9.14. The molecule has 166 valence electrons. The fourth-order valence-corrected chi connectivity index (χ4v) is 3.90. The molecule has 4 rings (SSSR count). The predicted octanol–water partition coefficient (Wildman–Crippen LogP) is 2.46. The summed E-state index contributed by atoms with van der Waals surface area (Å²) >= 11 is 0. The molecule has 0 aromatic heterocycles. The van der Waals surface area contributed by atoms with E-state index < -0.39 is 29.1 Å². The molecule has 2 aliphatic rings. The van der Waals surface area contributed by atoms with Crippen LogP contribution >= 0.6 is 0 Å². The van der Waals surface area contributed by atoms with Crippen molar-refractivity contribution in [3.8, 4) is 0 Å². The van der Waals surface area contributed by atoms with Gasteiger partial charge in [0, 0.05) is 44.9 Å². The fraction of sp³-hybridized carbons (Fsp3) is 0.261. The summed E-state index contributed by atoms with van der Waals surface area (Å²) in [5.41, 5.74) is 0.853. The molecule has 1 saturated heterocycles. The Morgan fingerprint density at radius 1 is 0.938 bits per heavy atom. The van der Waals surface area contributed by atoms with Gasteiger partial charge in [-0.25, -0.2) is 13.7 Å². The van der Waals surface area contributed by atoms with Crippen molar-refractivity contribution >= 4 is 34.7 Å². The lowest BCUT2D eigenvalue weighted by Gasteiger charge is -2.34. The highest BCUT2D eigenvalue weighted by Crippen LogP contribution is 2.36. The molecule has 1 fully saturated rings. The Hall–Kier alpha value is -3.59. The Bertz CT molecular complexity index is 1120. The van der Waals surface area contributed by atoms with E-state index >= 15 is 0 Å². The molecule has 2 aromatic rings. The zero-order chi connectivity index (χ0) is 23.0. The molecular weight excluding hydrogens is 418 g/mol. The number of hydrogen-bond acceptors (Lipinski definition) is 5. The summed E-state index contributed by atoms with van der Waals surface area (Å²) in [6.45, 7) is 3.78. The Kier molecular flexibility index (Phi) is 5.75. The van der Waals surface area contributed by atoms with E-state index in [9.17, 15) is 23.2 Å². The number of anilines is 2. The van der Waals surface area contributed by atoms with E-state index in [1.807, 2.05) is 11.9 Å². The van der Waals surface area contributed by atoms with Gasteiger partial charge in [0.05, 0.1) is 11.3 Å². The van der Waals surface area contributed by atoms with Crippen LogP contribution in [0.15, 0.2) is 48.2 Å². The highest BCUT2D eigenvalue weighted by atomic mass is 19.1. The van der Waals surface area contributed by atoms with Crippen LogP contribution in [0.3, 0.4) is 0 Å². The lowest BCUT2D eigenvalue weighted by molar-refractivity contribution is -0.121. The smallest absolute Gasteiger partial charge is 0.282 e. The van der Waals surface area contributed by atoms with Gasteiger partial charge < -0.3 is 15.1 Å². The Morgan fingerprint density at radius 2 is 1.59 bits per heavy atom. The molecule has 3 amide bonds. The number of carbonyl (C=O) groups excluding carboxylic acids is 3. The van der Waals surface area contributed by atoms with Crippen LogP contribution in [0.25, 0.3) is 5.57 Å². The number of imide groups is 1. The number of hydrogen-bond donors (Lipinski definition) is 1. The van der Waals surface area contributed by atoms with E-state index in [2.05, 4.69) is 10.2 Å². The van der Waals surface area contributed by atoms with E-state index in [-0.39, 0.29) is 17.2 Å². The number of halogens is 2. The van der Waals surface area contributed by atoms with Gasteiger partial charge in [-0.2, -0.15) is 0 Å². The first-order valence-electron chi connectivity index (χ1n) is 10.2. The van der Waals surface area contributed by atoms with Crippen LogP contribution < -0.4 is 10.2 Å². The number of benzene rings is 2. The van der Waals surface area contributed by atoms with Gasteiger partial charge in [0.2, 0.25) is 5.91 Å². The lowest BCUT2D eigenvalue weighted by atomic mass is 10.0. The van der Waals surface area contributed by atoms with Crippen LogP contribution in [0.4, 0.5) is 20.2 Å². The Morgan fingerprint density at radius 3 is 2.22 bits per heavy atom. The molecule has 0 saturated carbocycles. The second kappa shape index (κ2) is 8.51. The third kappa shape index (κ3) is 3.99. The molecule has 0 spiro atoms. The van der Waals surface area contributed by atoms with E-state index in [0.717, 1.165) is 18.2 Å². The van der Waals surface area contributed by atoms with Crippen molar-refractivity contribution in [2.75, 3.05) is 43.4 Å². The summed E-state index contributed by atoms with van der Waals surface area (Å²) in [5, 5.41) is 2.65. The zero-order valence-electron chi connectivity index (χ0n) is 17.7. The second-order valence-electron chi connectivity index (χ2n) is 7.81. The summed E-state index contributed by atoms with van der Waals surface area (Å²) < 4.78 is 28.3. The maximum atomic E-state index is 14.5. The molecule has 2 aliphatic heterocycles. The van der Waals surface area contributed by atoms with E-state index in [1.54, 1.807) is 24.3 Å². The minimum atomic E-state index is -0.868. The highest BCUT2D eigenvalue weighted by molar-refractivity contribution is 6.45. The number of amides is 3. The van der Waals surface area contributed by atoms with E-state index in [1.165, 1.54) is 6.92 Å². The third-order valence-corrected chi connectivity index (χ3v) is 5.52. The molecule has 0 radical (unpaired) electrons. The van der Waals surface area contributed by atoms with Gasteiger partial charge in [-0.1, -0.05) is 12.1 Å². The average molecular weight is 440 g/mol. The van der Waals surface area contributed by atoms with Crippen LogP contribution in [0.1, 0.15) is 12.5 Å². The standard InChI is InChI=1S/C23H22F2N4O3/c1-14(30)26-17-6-3-15(4-7-17)20-21(28-11-9-27(2)10-12-28)23(32)29(22(20)31)19-13-16(24)5-8-18(19)25/h3-8,13H,9-12H2,1-2H3,(H,26,30). The largest absolute Gasteiger partial charge is 0.364 e. The number of nitrogens with one attached hydrogen (secondary N) is 1. The van der Waals surface area contributed by atoms with E-state index in [4.69, 9.17) is 0 Å². The van der Waals surface area contributed by atoms with Gasteiger partial charge in [0.25, 0.3) is 11.8 Å². The molecule has 32 heavy (non-hydrogen) atoms. The molecule has 0 bridgehead atoms. The minimum absolute atomic E-state index is 0.123. The maximum absolute atomic E-state index is 14.5. The topological polar surface area (TPSA) is 73.0 Å². The first-order valence-corrected chi connectivity index (χ1v) is 10.2. The van der Waals surface area contributed by atoms with Crippen molar-refractivity contribution in [1.29, 1.82) is 0 Å². The molecule has 2 heterocycles. The molecule has 2 aromatic carbocycles. The fourth-order valence-electron chi connectivity index (χ4n) is 3.90. The molecule has 0 unspecified atom stereocenters. The average Bonchev–Trinajstić information content (AvgIpc) is 3.01. The molecule has 0 aliphatic carbocycles. The summed E-state index contributed by atoms with van der Waals surface area (Å²) in [6.07, 6.45) is 0. The molecule has 0 atom stereocenters. The van der Waals surface area contributed by atoms with Crippen LogP contribution in [0, 0.1) is 11.6 Å². The number of rotatable bonds is 4. The van der Waals surface area contributed by atoms with Crippen molar-refractivity contribution in [2.24, 2.45) is 0 Å². The Labute approximate surface area is 183 Å². The van der Waals surface area contributed by atoms with Crippen molar-refractivity contribution in [3.63, 3.8) is 0 Å². The van der Waals surface area contributed by atoms with Crippen LogP contribution in [0.2, 0.25) is 0 Å². The molecule has 9 heteroatoms. The zero-order valence-corrected chi connectivity index (χ0v) is 17.7. The van der Waals surface area contributed by atoms with Gasteiger partial charge in [-0.15, -0.1) is 0 Å². The van der Waals surface area contributed by atoms with E-state index in [0.29, 0.717) is 42.3 Å². The van der Waals surface area contributed by atoms with Gasteiger partial charge >= 0.3 is 0 Å². The summed E-state index contributed by atoms with van der Waals surface area (Å²) in [7, 11) is 1.96.